The Balaban J connectivity index is 2.43. The van der Waals surface area contributed by atoms with Crippen LogP contribution in [0.3, 0.4) is 0 Å². The number of fused-ring (bicyclic) bond motifs is 3. The summed E-state index contributed by atoms with van der Waals surface area (Å²) >= 11 is 0. The van der Waals surface area contributed by atoms with Crippen LogP contribution in [0.1, 0.15) is 15.9 Å². The van der Waals surface area contributed by atoms with Gasteiger partial charge in [0, 0.05) is 22.3 Å². The van der Waals surface area contributed by atoms with Crippen molar-refractivity contribution in [2.75, 3.05) is 7.11 Å². The number of halogens is 1. The lowest BCUT2D eigenvalue weighted by molar-refractivity contribution is 0.104. The Morgan fingerprint density at radius 2 is 1.65 bits per heavy atom. The molecule has 2 aromatic carbocycles. The van der Waals surface area contributed by atoms with Crippen molar-refractivity contribution in [1.29, 1.82) is 0 Å². The van der Waals surface area contributed by atoms with E-state index in [9.17, 15) is 9.18 Å². The fourth-order valence-electron chi connectivity index (χ4n) is 2.26. The van der Waals surface area contributed by atoms with E-state index in [4.69, 9.17) is 4.74 Å². The van der Waals surface area contributed by atoms with Crippen LogP contribution >= 0.6 is 0 Å². The van der Waals surface area contributed by atoms with Crippen molar-refractivity contribution in [3.63, 3.8) is 0 Å². The molecule has 84 valence electrons. The third-order valence-corrected chi connectivity index (χ3v) is 3.00. The standard InChI is InChI=1S/C14H9FO2/c1-17-11-7-3-5-9-13(11)12-8(14(9)16)4-2-6-10(12)15/h2-7H,1H3. The zero-order chi connectivity index (χ0) is 12.0. The van der Waals surface area contributed by atoms with Gasteiger partial charge in [-0.2, -0.15) is 0 Å². The van der Waals surface area contributed by atoms with Crippen LogP contribution in [0.5, 0.6) is 5.75 Å². The van der Waals surface area contributed by atoms with Crippen LogP contribution in [-0.2, 0) is 0 Å². The highest BCUT2D eigenvalue weighted by atomic mass is 19.1. The molecule has 17 heavy (non-hydrogen) atoms. The van der Waals surface area contributed by atoms with Gasteiger partial charge in [-0.1, -0.05) is 24.3 Å². The number of methoxy groups -OCH3 is 1. The predicted octanol–water partition coefficient (Wildman–Crippen LogP) is 3.05. The molecular weight excluding hydrogens is 219 g/mol. The molecular formula is C14H9FO2. The number of carbonyl (C=O) groups is 1. The van der Waals surface area contributed by atoms with E-state index in [-0.39, 0.29) is 11.6 Å². The van der Waals surface area contributed by atoms with Crippen molar-refractivity contribution in [3.05, 3.63) is 53.3 Å². The van der Waals surface area contributed by atoms with Crippen molar-refractivity contribution in [2.24, 2.45) is 0 Å². The van der Waals surface area contributed by atoms with Crippen LogP contribution < -0.4 is 4.74 Å². The Hall–Kier alpha value is -2.16. The fourth-order valence-corrected chi connectivity index (χ4v) is 2.26. The number of benzene rings is 2. The van der Waals surface area contributed by atoms with Gasteiger partial charge in [0.2, 0.25) is 0 Å². The molecule has 2 nitrogen and oxygen atoms in total. The van der Waals surface area contributed by atoms with Crippen molar-refractivity contribution < 1.29 is 13.9 Å². The predicted molar refractivity (Wildman–Crippen MR) is 61.8 cm³/mol. The normalized spacial score (nSPS) is 12.2. The van der Waals surface area contributed by atoms with Gasteiger partial charge in [-0.3, -0.25) is 4.79 Å². The lowest BCUT2D eigenvalue weighted by atomic mass is 10.0. The summed E-state index contributed by atoms with van der Waals surface area (Å²) in [7, 11) is 1.51. The van der Waals surface area contributed by atoms with Gasteiger partial charge in [0.1, 0.15) is 11.6 Å². The topological polar surface area (TPSA) is 26.3 Å². The zero-order valence-corrected chi connectivity index (χ0v) is 9.16. The van der Waals surface area contributed by atoms with E-state index in [1.807, 2.05) is 0 Å². The lowest BCUT2D eigenvalue weighted by Crippen LogP contribution is -1.94. The summed E-state index contributed by atoms with van der Waals surface area (Å²) in [5.41, 5.74) is 1.83. The van der Waals surface area contributed by atoms with Crippen LogP contribution in [0.2, 0.25) is 0 Å². The van der Waals surface area contributed by atoms with E-state index in [1.54, 1.807) is 30.3 Å². The molecule has 0 N–H and O–H groups in total. The van der Waals surface area contributed by atoms with Crippen molar-refractivity contribution >= 4 is 5.78 Å². The molecule has 0 bridgehead atoms. The summed E-state index contributed by atoms with van der Waals surface area (Å²) in [5, 5.41) is 0. The van der Waals surface area contributed by atoms with Gasteiger partial charge in [-0.05, 0) is 12.1 Å². The van der Waals surface area contributed by atoms with Gasteiger partial charge >= 0.3 is 0 Å². The molecule has 0 aliphatic heterocycles. The monoisotopic (exact) mass is 228 g/mol. The largest absolute Gasteiger partial charge is 0.496 e. The molecule has 1 aliphatic carbocycles. The maximum atomic E-state index is 13.9. The van der Waals surface area contributed by atoms with Crippen LogP contribution in [-0.4, -0.2) is 12.9 Å². The summed E-state index contributed by atoms with van der Waals surface area (Å²) in [6.45, 7) is 0. The average molecular weight is 228 g/mol. The van der Waals surface area contributed by atoms with Crippen LogP contribution in [0, 0.1) is 5.82 Å². The van der Waals surface area contributed by atoms with E-state index >= 15 is 0 Å². The highest BCUT2D eigenvalue weighted by Crippen LogP contribution is 2.43. The lowest BCUT2D eigenvalue weighted by Gasteiger charge is -2.07. The van der Waals surface area contributed by atoms with Gasteiger partial charge in [-0.25, -0.2) is 4.39 Å². The number of ether oxygens (including phenoxy) is 1. The molecule has 0 amide bonds. The zero-order valence-electron chi connectivity index (χ0n) is 9.16. The van der Waals surface area contributed by atoms with Gasteiger partial charge in [0.15, 0.2) is 5.78 Å². The molecule has 1 aliphatic rings. The SMILES string of the molecule is COc1cccc2c1-c1c(F)cccc1C2=O. The number of rotatable bonds is 1. The summed E-state index contributed by atoms with van der Waals surface area (Å²) in [5.74, 6) is -0.00722. The third-order valence-electron chi connectivity index (χ3n) is 3.00. The van der Waals surface area contributed by atoms with E-state index in [2.05, 4.69) is 0 Å². The molecule has 0 aromatic heterocycles. The maximum absolute atomic E-state index is 13.9. The second-order valence-corrected chi connectivity index (χ2v) is 3.87. The molecule has 0 fully saturated rings. The first-order valence-electron chi connectivity index (χ1n) is 5.24. The Labute approximate surface area is 97.7 Å². The van der Waals surface area contributed by atoms with Crippen LogP contribution in [0.15, 0.2) is 36.4 Å². The van der Waals surface area contributed by atoms with E-state index in [1.165, 1.54) is 13.2 Å². The van der Waals surface area contributed by atoms with E-state index in [0.717, 1.165) is 0 Å². The molecule has 0 saturated heterocycles. The Bertz CT molecular complexity index is 632. The second kappa shape index (κ2) is 3.42. The fraction of sp³-hybridized carbons (Fsp3) is 0.0714. The summed E-state index contributed by atoms with van der Waals surface area (Å²) < 4.78 is 19.0. The molecule has 0 spiro atoms. The summed E-state index contributed by atoms with van der Waals surface area (Å²) in [6, 6.07) is 9.70. The molecule has 2 aromatic rings. The molecule has 0 unspecified atom stereocenters. The highest BCUT2D eigenvalue weighted by Gasteiger charge is 2.31. The van der Waals surface area contributed by atoms with Crippen LogP contribution in [0.25, 0.3) is 11.1 Å². The highest BCUT2D eigenvalue weighted by molar-refractivity contribution is 6.22. The molecule has 3 rings (SSSR count). The number of hydrogen-bond donors (Lipinski definition) is 0. The number of carbonyl (C=O) groups excluding carboxylic acids is 1. The Kier molecular flexibility index (Phi) is 2.01. The summed E-state index contributed by atoms with van der Waals surface area (Å²) in [4.78, 5) is 12.1. The van der Waals surface area contributed by atoms with Gasteiger partial charge in [0.05, 0.1) is 7.11 Å². The quantitative estimate of drug-likeness (QED) is 0.639. The minimum atomic E-state index is -0.390. The second-order valence-electron chi connectivity index (χ2n) is 3.87. The number of hydrogen-bond acceptors (Lipinski definition) is 2. The third kappa shape index (κ3) is 1.22. The molecule has 0 saturated carbocycles. The Morgan fingerprint density at radius 3 is 2.35 bits per heavy atom. The molecule has 0 atom stereocenters. The van der Waals surface area contributed by atoms with Gasteiger partial charge in [0.25, 0.3) is 0 Å². The maximum Gasteiger partial charge on any atom is 0.194 e. The number of ketones is 1. The smallest absolute Gasteiger partial charge is 0.194 e. The minimum absolute atomic E-state index is 0.145. The first-order chi connectivity index (χ1) is 8.24. The van der Waals surface area contributed by atoms with Gasteiger partial charge < -0.3 is 4.74 Å². The Morgan fingerprint density at radius 1 is 1.00 bits per heavy atom. The first kappa shape index (κ1) is 10.0. The average Bonchev–Trinajstić information content (AvgIpc) is 2.65. The first-order valence-corrected chi connectivity index (χ1v) is 5.24. The molecule has 3 heteroatoms. The van der Waals surface area contributed by atoms with Gasteiger partial charge in [-0.15, -0.1) is 0 Å². The van der Waals surface area contributed by atoms with Crippen molar-refractivity contribution in [3.8, 4) is 16.9 Å². The van der Waals surface area contributed by atoms with Crippen LogP contribution in [0.4, 0.5) is 4.39 Å². The van der Waals surface area contributed by atoms with Crippen molar-refractivity contribution in [1.82, 2.24) is 0 Å². The van der Waals surface area contributed by atoms with E-state index < -0.39 is 0 Å². The minimum Gasteiger partial charge on any atom is -0.496 e. The van der Waals surface area contributed by atoms with Crippen molar-refractivity contribution in [2.45, 2.75) is 0 Å². The molecule has 0 radical (unpaired) electrons. The molecule has 0 heterocycles. The summed E-state index contributed by atoms with van der Waals surface area (Å²) in [6.07, 6.45) is 0. The van der Waals surface area contributed by atoms with E-state index in [0.29, 0.717) is 28.0 Å².